The van der Waals surface area contributed by atoms with E-state index >= 15 is 0 Å². The van der Waals surface area contributed by atoms with E-state index in [2.05, 4.69) is 34.6 Å². The largest absolute Gasteiger partial charge is 0.347 e. The van der Waals surface area contributed by atoms with Crippen molar-refractivity contribution in [3.8, 4) is 11.1 Å². The summed E-state index contributed by atoms with van der Waals surface area (Å²) >= 11 is 6.43. The van der Waals surface area contributed by atoms with Crippen LogP contribution in [0.4, 0.5) is 0 Å². The number of nitrogens with zero attached hydrogens (tertiary/aromatic N) is 1. The third-order valence-corrected chi connectivity index (χ3v) is 6.62. The van der Waals surface area contributed by atoms with Gasteiger partial charge in [0, 0.05) is 5.92 Å². The summed E-state index contributed by atoms with van der Waals surface area (Å²) in [4.78, 5) is 17.8. The molecule has 1 heterocycles. The molecule has 1 aliphatic carbocycles. The molecule has 0 spiro atoms. The van der Waals surface area contributed by atoms with Gasteiger partial charge in [0.05, 0.1) is 11.7 Å². The average Bonchev–Trinajstić information content (AvgIpc) is 2.84. The molecule has 32 heavy (non-hydrogen) atoms. The summed E-state index contributed by atoms with van der Waals surface area (Å²) in [5.41, 5.74) is 9.82. The third kappa shape index (κ3) is 5.76. The molecule has 1 saturated carbocycles. The minimum Gasteiger partial charge on any atom is -0.347 e. The van der Waals surface area contributed by atoms with Crippen LogP contribution in [0, 0.1) is 11.8 Å². The Morgan fingerprint density at radius 2 is 1.62 bits per heavy atom. The first kappa shape index (κ1) is 22.5. The normalized spacial score (nSPS) is 19.3. The van der Waals surface area contributed by atoms with Crippen LogP contribution in [0.5, 0.6) is 0 Å². The fourth-order valence-electron chi connectivity index (χ4n) is 4.52. The van der Waals surface area contributed by atoms with Crippen LogP contribution in [0.25, 0.3) is 11.1 Å². The molecule has 1 amide bonds. The van der Waals surface area contributed by atoms with Gasteiger partial charge in [0.1, 0.15) is 5.15 Å². The van der Waals surface area contributed by atoms with Gasteiger partial charge in [-0.05, 0) is 73.4 Å². The number of rotatable bonds is 7. The zero-order valence-corrected chi connectivity index (χ0v) is 19.0. The summed E-state index contributed by atoms with van der Waals surface area (Å²) in [6, 6.07) is 24.0. The monoisotopic (exact) mass is 447 g/mol. The predicted molar refractivity (Wildman–Crippen MR) is 130 cm³/mol. The molecule has 5 heteroatoms. The van der Waals surface area contributed by atoms with E-state index in [1.165, 1.54) is 0 Å². The van der Waals surface area contributed by atoms with Crippen molar-refractivity contribution in [1.29, 1.82) is 0 Å². The van der Waals surface area contributed by atoms with Crippen LogP contribution in [0.15, 0.2) is 72.8 Å². The van der Waals surface area contributed by atoms with Crippen LogP contribution < -0.4 is 11.1 Å². The molecule has 0 bridgehead atoms. The molecule has 1 atom stereocenters. The number of carbonyl (C=O) groups is 1. The quantitative estimate of drug-likeness (QED) is 0.465. The van der Waals surface area contributed by atoms with Gasteiger partial charge in [0.15, 0.2) is 0 Å². The van der Waals surface area contributed by atoms with Crippen LogP contribution >= 0.6 is 11.6 Å². The van der Waals surface area contributed by atoms with E-state index in [1.54, 1.807) is 0 Å². The second-order valence-corrected chi connectivity index (χ2v) is 9.06. The van der Waals surface area contributed by atoms with Crippen LogP contribution in [0.3, 0.4) is 0 Å². The van der Waals surface area contributed by atoms with Gasteiger partial charge in [-0.3, -0.25) is 4.79 Å². The lowest BCUT2D eigenvalue weighted by molar-refractivity contribution is -0.127. The first-order valence-corrected chi connectivity index (χ1v) is 11.8. The van der Waals surface area contributed by atoms with Crippen molar-refractivity contribution in [2.75, 3.05) is 6.54 Å². The highest BCUT2D eigenvalue weighted by Crippen LogP contribution is 2.30. The highest BCUT2D eigenvalue weighted by atomic mass is 35.5. The number of halogens is 1. The zero-order valence-electron chi connectivity index (χ0n) is 18.2. The summed E-state index contributed by atoms with van der Waals surface area (Å²) in [5.74, 6) is 0.676. The fraction of sp³-hybridized carbons (Fsp3) is 0.333. The van der Waals surface area contributed by atoms with Gasteiger partial charge < -0.3 is 11.1 Å². The molecule has 4 nitrogen and oxygen atoms in total. The lowest BCUT2D eigenvalue weighted by Crippen LogP contribution is -2.37. The molecule has 0 radical (unpaired) electrons. The average molecular weight is 448 g/mol. The number of nitrogens with two attached hydrogens (primary N) is 1. The molecule has 3 N–H and O–H groups in total. The summed E-state index contributed by atoms with van der Waals surface area (Å²) < 4.78 is 0. The van der Waals surface area contributed by atoms with Gasteiger partial charge in [0.2, 0.25) is 5.91 Å². The molecule has 1 aromatic heterocycles. The predicted octanol–water partition coefficient (Wildman–Crippen LogP) is 5.57. The molecule has 0 saturated heterocycles. The third-order valence-electron chi connectivity index (χ3n) is 6.43. The topological polar surface area (TPSA) is 68.0 Å². The van der Waals surface area contributed by atoms with Crippen molar-refractivity contribution >= 4 is 17.5 Å². The van der Waals surface area contributed by atoms with E-state index < -0.39 is 0 Å². The van der Waals surface area contributed by atoms with Crippen molar-refractivity contribution in [2.45, 2.75) is 38.1 Å². The molecule has 1 unspecified atom stereocenters. The number of aromatic nitrogens is 1. The SMILES string of the molecule is NC[C@H]1CC[C@H](C(=O)NC(Cc2ccccc2)c2cc(-c3ccccc3)cc(Cl)n2)CC1. The Hall–Kier alpha value is -2.69. The molecule has 1 aliphatic rings. The smallest absolute Gasteiger partial charge is 0.223 e. The molecule has 166 valence electrons. The van der Waals surface area contributed by atoms with E-state index in [4.69, 9.17) is 17.3 Å². The second kappa shape index (κ2) is 10.8. The highest BCUT2D eigenvalue weighted by Gasteiger charge is 2.28. The number of hydrogen-bond acceptors (Lipinski definition) is 3. The number of nitrogens with one attached hydrogen (secondary N) is 1. The molecule has 2 aromatic carbocycles. The Bertz CT molecular complexity index is 1020. The Balaban J connectivity index is 1.60. The van der Waals surface area contributed by atoms with E-state index in [9.17, 15) is 4.79 Å². The molecule has 4 rings (SSSR count). The minimum absolute atomic E-state index is 0.0313. The molecular formula is C27H30ClN3O. The van der Waals surface area contributed by atoms with Crippen molar-refractivity contribution in [3.05, 3.63) is 89.2 Å². The van der Waals surface area contributed by atoms with Crippen molar-refractivity contribution in [3.63, 3.8) is 0 Å². The van der Waals surface area contributed by atoms with Gasteiger partial charge in [-0.15, -0.1) is 0 Å². The van der Waals surface area contributed by atoms with Crippen molar-refractivity contribution in [2.24, 2.45) is 17.6 Å². The standard InChI is InChI=1S/C27H30ClN3O/c28-26-17-23(21-9-5-2-6-10-21)16-25(30-26)24(15-19-7-3-1-4-8-19)31-27(32)22-13-11-20(18-29)12-14-22/h1-10,16-17,20,22,24H,11-15,18,29H2,(H,31,32)/t20-,22-,24?. The molecule has 0 aliphatic heterocycles. The summed E-state index contributed by atoms with van der Waals surface area (Å²) in [7, 11) is 0. The summed E-state index contributed by atoms with van der Waals surface area (Å²) in [6.45, 7) is 0.708. The van der Waals surface area contributed by atoms with Crippen LogP contribution in [-0.4, -0.2) is 17.4 Å². The number of benzene rings is 2. The van der Waals surface area contributed by atoms with Gasteiger partial charge in [-0.25, -0.2) is 4.98 Å². The Labute approximate surface area is 195 Å². The molecule has 1 fully saturated rings. The van der Waals surface area contributed by atoms with Crippen molar-refractivity contribution in [1.82, 2.24) is 10.3 Å². The maximum absolute atomic E-state index is 13.2. The van der Waals surface area contributed by atoms with Crippen molar-refractivity contribution < 1.29 is 4.79 Å². The Kier molecular flexibility index (Phi) is 7.56. The van der Waals surface area contributed by atoms with Crippen LogP contribution in [0.2, 0.25) is 5.15 Å². The Morgan fingerprint density at radius 1 is 0.969 bits per heavy atom. The number of hydrogen-bond donors (Lipinski definition) is 2. The lowest BCUT2D eigenvalue weighted by atomic mass is 9.81. The van der Waals surface area contributed by atoms with E-state index in [0.717, 1.165) is 48.1 Å². The summed E-state index contributed by atoms with van der Waals surface area (Å²) in [5, 5.41) is 3.73. The first-order chi connectivity index (χ1) is 15.6. The van der Waals surface area contributed by atoms with Gasteiger partial charge in [-0.1, -0.05) is 72.3 Å². The minimum atomic E-state index is -0.252. The van der Waals surface area contributed by atoms with E-state index in [-0.39, 0.29) is 17.9 Å². The van der Waals surface area contributed by atoms with E-state index in [0.29, 0.717) is 24.0 Å². The Morgan fingerprint density at radius 3 is 2.28 bits per heavy atom. The number of pyridine rings is 1. The maximum Gasteiger partial charge on any atom is 0.223 e. The van der Waals surface area contributed by atoms with Crippen LogP contribution in [0.1, 0.15) is 43.0 Å². The molecule has 3 aromatic rings. The van der Waals surface area contributed by atoms with E-state index in [1.807, 2.05) is 48.5 Å². The highest BCUT2D eigenvalue weighted by molar-refractivity contribution is 6.29. The summed E-state index contributed by atoms with van der Waals surface area (Å²) in [6.07, 6.45) is 4.48. The number of amides is 1. The number of carbonyl (C=O) groups excluding carboxylic acids is 1. The lowest BCUT2D eigenvalue weighted by Gasteiger charge is -2.28. The first-order valence-electron chi connectivity index (χ1n) is 11.4. The molecular weight excluding hydrogens is 418 g/mol. The van der Waals surface area contributed by atoms with Gasteiger partial charge in [-0.2, -0.15) is 0 Å². The van der Waals surface area contributed by atoms with Gasteiger partial charge in [0.25, 0.3) is 0 Å². The van der Waals surface area contributed by atoms with Crippen LogP contribution in [-0.2, 0) is 11.2 Å². The maximum atomic E-state index is 13.2. The fourth-order valence-corrected chi connectivity index (χ4v) is 4.74. The van der Waals surface area contributed by atoms with Gasteiger partial charge >= 0.3 is 0 Å². The zero-order chi connectivity index (χ0) is 22.3. The second-order valence-electron chi connectivity index (χ2n) is 8.67.